The number of nitrogens with one attached hydrogen (secondary N) is 1. The minimum absolute atomic E-state index is 0.0832. The van der Waals surface area contributed by atoms with Crippen LogP contribution in [0.4, 0.5) is 0 Å². The van der Waals surface area contributed by atoms with Gasteiger partial charge in [-0.1, -0.05) is 31.2 Å². The zero-order valence-corrected chi connectivity index (χ0v) is 15.2. The van der Waals surface area contributed by atoms with Gasteiger partial charge in [-0.15, -0.1) is 11.3 Å². The van der Waals surface area contributed by atoms with Gasteiger partial charge in [-0.05, 0) is 44.8 Å². The van der Waals surface area contributed by atoms with E-state index in [1.165, 1.54) is 5.56 Å². The third-order valence-corrected chi connectivity index (χ3v) is 5.45. The summed E-state index contributed by atoms with van der Waals surface area (Å²) in [6.07, 6.45) is 3.03. The van der Waals surface area contributed by atoms with Gasteiger partial charge in [0.2, 0.25) is 0 Å². The zero-order chi connectivity index (χ0) is 16.9. The van der Waals surface area contributed by atoms with Crippen LogP contribution in [0.2, 0.25) is 0 Å². The maximum atomic E-state index is 13.0. The summed E-state index contributed by atoms with van der Waals surface area (Å²) in [5, 5.41) is 6.21. The van der Waals surface area contributed by atoms with Crippen LogP contribution >= 0.6 is 11.3 Å². The van der Waals surface area contributed by atoms with E-state index in [9.17, 15) is 4.79 Å². The summed E-state index contributed by atoms with van der Waals surface area (Å²) < 4.78 is 0. The molecule has 0 spiro atoms. The average molecular weight is 343 g/mol. The van der Waals surface area contributed by atoms with E-state index in [1.54, 1.807) is 11.3 Å². The lowest BCUT2D eigenvalue weighted by Crippen LogP contribution is -2.46. The highest BCUT2D eigenvalue weighted by Crippen LogP contribution is 2.27. The van der Waals surface area contributed by atoms with Crippen LogP contribution in [0.25, 0.3) is 10.6 Å². The molecule has 128 valence electrons. The third-order valence-electron chi connectivity index (χ3n) is 4.57. The molecule has 0 unspecified atom stereocenters. The molecule has 1 amide bonds. The summed E-state index contributed by atoms with van der Waals surface area (Å²) >= 11 is 1.56. The van der Waals surface area contributed by atoms with E-state index in [4.69, 9.17) is 0 Å². The van der Waals surface area contributed by atoms with Crippen molar-refractivity contribution in [2.24, 2.45) is 0 Å². The van der Waals surface area contributed by atoms with Gasteiger partial charge >= 0.3 is 0 Å². The van der Waals surface area contributed by atoms with Crippen LogP contribution in [0.15, 0.2) is 29.6 Å². The summed E-state index contributed by atoms with van der Waals surface area (Å²) in [7, 11) is 0. The second-order valence-corrected chi connectivity index (χ2v) is 7.19. The summed E-state index contributed by atoms with van der Waals surface area (Å²) in [5.41, 5.74) is 2.89. The van der Waals surface area contributed by atoms with Gasteiger partial charge in [0.1, 0.15) is 10.7 Å². The molecular formula is C19H25N3OS. The standard InChI is InChI=1S/C19H25N3OS/c1-3-12-22(15-8-10-20-11-9-15)19(23)17-13-24-18(21-17)16-7-5-4-6-14(16)2/h4-7,13,15,20H,3,8-12H2,1-2H3. The van der Waals surface area contributed by atoms with Crippen molar-refractivity contribution in [2.45, 2.75) is 39.2 Å². The number of carbonyl (C=O) groups is 1. The van der Waals surface area contributed by atoms with E-state index < -0.39 is 0 Å². The van der Waals surface area contributed by atoms with Crippen molar-refractivity contribution in [3.05, 3.63) is 40.9 Å². The maximum absolute atomic E-state index is 13.0. The van der Waals surface area contributed by atoms with Crippen molar-refractivity contribution in [3.63, 3.8) is 0 Å². The number of thiazole rings is 1. The van der Waals surface area contributed by atoms with Gasteiger partial charge in [-0.2, -0.15) is 0 Å². The Hall–Kier alpha value is -1.72. The fourth-order valence-electron chi connectivity index (χ4n) is 3.26. The van der Waals surface area contributed by atoms with E-state index in [2.05, 4.69) is 36.3 Å². The highest BCUT2D eigenvalue weighted by Gasteiger charge is 2.27. The lowest BCUT2D eigenvalue weighted by atomic mass is 10.0. The summed E-state index contributed by atoms with van der Waals surface area (Å²) in [5.74, 6) is 0.0832. The highest BCUT2D eigenvalue weighted by molar-refractivity contribution is 7.13. The first-order valence-corrected chi connectivity index (χ1v) is 9.62. The molecule has 0 saturated carbocycles. The lowest BCUT2D eigenvalue weighted by molar-refractivity contribution is 0.0637. The quantitative estimate of drug-likeness (QED) is 0.900. The third kappa shape index (κ3) is 3.68. The lowest BCUT2D eigenvalue weighted by Gasteiger charge is -2.34. The fraction of sp³-hybridized carbons (Fsp3) is 0.474. The van der Waals surface area contributed by atoms with Gasteiger partial charge in [0.05, 0.1) is 0 Å². The van der Waals surface area contributed by atoms with Crippen LogP contribution in [-0.2, 0) is 0 Å². The van der Waals surface area contributed by atoms with Crippen LogP contribution in [0.1, 0.15) is 42.2 Å². The van der Waals surface area contributed by atoms with E-state index in [1.807, 2.05) is 22.4 Å². The van der Waals surface area contributed by atoms with Gasteiger partial charge in [0.15, 0.2) is 0 Å². The van der Waals surface area contributed by atoms with Crippen LogP contribution in [0.5, 0.6) is 0 Å². The molecule has 1 fully saturated rings. The van der Waals surface area contributed by atoms with E-state index >= 15 is 0 Å². The molecule has 5 heteroatoms. The average Bonchev–Trinajstić information content (AvgIpc) is 3.10. The molecule has 24 heavy (non-hydrogen) atoms. The highest BCUT2D eigenvalue weighted by atomic mass is 32.1. The molecule has 1 aromatic carbocycles. The number of amides is 1. The van der Waals surface area contributed by atoms with Crippen molar-refractivity contribution in [1.82, 2.24) is 15.2 Å². The van der Waals surface area contributed by atoms with Crippen LogP contribution < -0.4 is 5.32 Å². The maximum Gasteiger partial charge on any atom is 0.273 e. The first-order chi connectivity index (χ1) is 11.7. The molecule has 0 radical (unpaired) electrons. The monoisotopic (exact) mass is 343 g/mol. The molecule has 4 nitrogen and oxygen atoms in total. The summed E-state index contributed by atoms with van der Waals surface area (Å²) in [6.45, 7) is 6.99. The van der Waals surface area contributed by atoms with Crippen LogP contribution in [0, 0.1) is 6.92 Å². The second kappa shape index (κ2) is 7.90. The molecule has 1 aliphatic heterocycles. The predicted molar refractivity (Wildman–Crippen MR) is 99.5 cm³/mol. The van der Waals surface area contributed by atoms with E-state index in [0.29, 0.717) is 11.7 Å². The second-order valence-electron chi connectivity index (χ2n) is 6.33. The van der Waals surface area contributed by atoms with Gasteiger partial charge in [0.25, 0.3) is 5.91 Å². The molecule has 3 rings (SSSR count). The number of piperidine rings is 1. The predicted octanol–water partition coefficient (Wildman–Crippen LogP) is 3.72. The van der Waals surface area contributed by atoms with Crippen molar-refractivity contribution in [3.8, 4) is 10.6 Å². The minimum atomic E-state index is 0.0832. The molecule has 1 saturated heterocycles. The molecule has 0 aliphatic carbocycles. The fourth-order valence-corrected chi connectivity index (χ4v) is 4.15. The molecule has 2 heterocycles. The van der Waals surface area contributed by atoms with Gasteiger partial charge in [-0.25, -0.2) is 4.98 Å². The number of nitrogens with zero attached hydrogens (tertiary/aromatic N) is 2. The molecule has 1 aromatic heterocycles. The Morgan fingerprint density at radius 1 is 1.33 bits per heavy atom. The number of benzene rings is 1. The van der Waals surface area contributed by atoms with Gasteiger partial charge in [-0.3, -0.25) is 4.79 Å². The Balaban J connectivity index is 1.82. The zero-order valence-electron chi connectivity index (χ0n) is 14.4. The first-order valence-electron chi connectivity index (χ1n) is 8.74. The smallest absolute Gasteiger partial charge is 0.273 e. The van der Waals surface area contributed by atoms with Crippen molar-refractivity contribution in [2.75, 3.05) is 19.6 Å². The first kappa shape index (κ1) is 17.1. The number of aromatic nitrogens is 1. The Morgan fingerprint density at radius 3 is 2.79 bits per heavy atom. The molecule has 0 bridgehead atoms. The molecule has 1 N–H and O–H groups in total. The Labute approximate surface area is 147 Å². The topological polar surface area (TPSA) is 45.2 Å². The van der Waals surface area contributed by atoms with Gasteiger partial charge in [0, 0.05) is 23.5 Å². The molecular weight excluding hydrogens is 318 g/mol. The number of hydrogen-bond acceptors (Lipinski definition) is 4. The van der Waals surface area contributed by atoms with E-state index in [-0.39, 0.29) is 5.91 Å². The Bertz CT molecular complexity index is 691. The van der Waals surface area contributed by atoms with E-state index in [0.717, 1.165) is 49.5 Å². The minimum Gasteiger partial charge on any atom is -0.334 e. The van der Waals surface area contributed by atoms with Crippen molar-refractivity contribution >= 4 is 17.2 Å². The van der Waals surface area contributed by atoms with Crippen molar-refractivity contribution in [1.29, 1.82) is 0 Å². The summed E-state index contributed by atoms with van der Waals surface area (Å²) in [6, 6.07) is 8.53. The Kier molecular flexibility index (Phi) is 5.63. The number of carbonyl (C=O) groups excluding carboxylic acids is 1. The normalized spacial score (nSPS) is 15.4. The number of hydrogen-bond donors (Lipinski definition) is 1. The number of aryl methyl sites for hydroxylation is 1. The number of rotatable bonds is 5. The molecule has 2 aromatic rings. The molecule has 0 atom stereocenters. The summed E-state index contributed by atoms with van der Waals surface area (Å²) in [4.78, 5) is 19.7. The largest absolute Gasteiger partial charge is 0.334 e. The van der Waals surface area contributed by atoms with Crippen LogP contribution in [0.3, 0.4) is 0 Å². The van der Waals surface area contributed by atoms with Crippen LogP contribution in [-0.4, -0.2) is 41.5 Å². The Morgan fingerprint density at radius 2 is 2.08 bits per heavy atom. The van der Waals surface area contributed by atoms with Gasteiger partial charge < -0.3 is 10.2 Å². The van der Waals surface area contributed by atoms with Crippen molar-refractivity contribution < 1.29 is 4.79 Å². The SMILES string of the molecule is CCCN(C(=O)c1csc(-c2ccccc2C)n1)C1CCNCC1. The molecule has 1 aliphatic rings.